The van der Waals surface area contributed by atoms with Gasteiger partial charge in [-0.25, -0.2) is 0 Å². The Labute approximate surface area is 151 Å². The van der Waals surface area contributed by atoms with Crippen LogP contribution in [0.3, 0.4) is 0 Å². The minimum atomic E-state index is -0.764. The van der Waals surface area contributed by atoms with E-state index in [2.05, 4.69) is 0 Å². The van der Waals surface area contributed by atoms with Crippen molar-refractivity contribution in [1.82, 2.24) is 4.90 Å². The maximum atomic E-state index is 12.4. The fourth-order valence-corrected chi connectivity index (χ4v) is 2.92. The standard InChI is InChI=1S/C18H22N2O6/c1-11(2)26-10-4-9-19-16(15(12(3)21)17(22)18(19)23)13-5-7-14(8-6-13)20(24)25/h5-8,11,16,22H,4,9-10H2,1-3H3. The van der Waals surface area contributed by atoms with Crippen LogP contribution >= 0.6 is 0 Å². The molecule has 0 spiro atoms. The van der Waals surface area contributed by atoms with Gasteiger partial charge in [0, 0.05) is 25.3 Å². The van der Waals surface area contributed by atoms with Crippen LogP contribution in [0.4, 0.5) is 5.69 Å². The van der Waals surface area contributed by atoms with Gasteiger partial charge in [0.05, 0.1) is 22.6 Å². The molecule has 0 aliphatic carbocycles. The molecule has 0 radical (unpaired) electrons. The molecule has 0 bridgehead atoms. The van der Waals surface area contributed by atoms with Crippen LogP contribution in [-0.2, 0) is 14.3 Å². The molecule has 1 aromatic carbocycles. The number of aliphatic hydroxyl groups is 1. The topological polar surface area (TPSA) is 110 Å². The number of benzene rings is 1. The van der Waals surface area contributed by atoms with Crippen molar-refractivity contribution in [3.8, 4) is 0 Å². The summed E-state index contributed by atoms with van der Waals surface area (Å²) in [5.74, 6) is -1.60. The highest BCUT2D eigenvalue weighted by molar-refractivity contribution is 6.08. The molecule has 0 saturated carbocycles. The molecule has 1 aliphatic heterocycles. The van der Waals surface area contributed by atoms with Gasteiger partial charge in [-0.1, -0.05) is 0 Å². The smallest absolute Gasteiger partial charge is 0.290 e. The summed E-state index contributed by atoms with van der Waals surface area (Å²) in [5.41, 5.74) is 0.448. The van der Waals surface area contributed by atoms with Gasteiger partial charge in [0.15, 0.2) is 11.5 Å². The molecule has 8 heteroatoms. The molecule has 1 amide bonds. The summed E-state index contributed by atoms with van der Waals surface area (Å²) in [6, 6.07) is 4.85. The van der Waals surface area contributed by atoms with Crippen LogP contribution in [0.15, 0.2) is 35.6 Å². The van der Waals surface area contributed by atoms with Crippen molar-refractivity contribution in [1.29, 1.82) is 0 Å². The first kappa shape index (κ1) is 19.6. The molecule has 2 rings (SSSR count). The number of rotatable bonds is 8. The molecule has 0 aromatic heterocycles. The number of ether oxygens (including phenoxy) is 1. The van der Waals surface area contributed by atoms with Crippen LogP contribution in [0.25, 0.3) is 0 Å². The van der Waals surface area contributed by atoms with Gasteiger partial charge < -0.3 is 14.7 Å². The fraction of sp³-hybridized carbons (Fsp3) is 0.444. The minimum absolute atomic E-state index is 0.00799. The third-order valence-electron chi connectivity index (χ3n) is 4.10. The fourth-order valence-electron chi connectivity index (χ4n) is 2.92. The summed E-state index contributed by atoms with van der Waals surface area (Å²) in [7, 11) is 0. The molecule has 1 N–H and O–H groups in total. The number of nitrogens with zero attached hydrogens (tertiary/aromatic N) is 2. The van der Waals surface area contributed by atoms with Gasteiger partial charge in [0.2, 0.25) is 0 Å². The first-order valence-electron chi connectivity index (χ1n) is 8.35. The zero-order valence-corrected chi connectivity index (χ0v) is 15.0. The molecule has 8 nitrogen and oxygen atoms in total. The Kier molecular flexibility index (Phi) is 6.10. The third kappa shape index (κ3) is 4.08. The second kappa shape index (κ2) is 8.09. The number of non-ortho nitro benzene ring substituents is 1. The van der Waals surface area contributed by atoms with Crippen molar-refractivity contribution in [3.63, 3.8) is 0 Å². The zero-order valence-electron chi connectivity index (χ0n) is 15.0. The van der Waals surface area contributed by atoms with E-state index in [-0.39, 0.29) is 23.9 Å². The van der Waals surface area contributed by atoms with Crippen LogP contribution < -0.4 is 0 Å². The number of amides is 1. The van der Waals surface area contributed by atoms with Gasteiger partial charge in [-0.15, -0.1) is 0 Å². The maximum absolute atomic E-state index is 12.4. The maximum Gasteiger partial charge on any atom is 0.290 e. The van der Waals surface area contributed by atoms with E-state index in [0.717, 1.165) is 0 Å². The molecular formula is C18H22N2O6. The van der Waals surface area contributed by atoms with Crippen molar-refractivity contribution >= 4 is 17.4 Å². The van der Waals surface area contributed by atoms with E-state index in [4.69, 9.17) is 4.74 Å². The van der Waals surface area contributed by atoms with Crippen molar-refractivity contribution < 1.29 is 24.4 Å². The van der Waals surface area contributed by atoms with E-state index < -0.39 is 28.4 Å². The second-order valence-corrected chi connectivity index (χ2v) is 6.34. The van der Waals surface area contributed by atoms with Crippen molar-refractivity contribution in [2.24, 2.45) is 0 Å². The number of ketones is 1. The van der Waals surface area contributed by atoms with E-state index >= 15 is 0 Å². The molecular weight excluding hydrogens is 340 g/mol. The summed E-state index contributed by atoms with van der Waals surface area (Å²) in [6.45, 7) is 5.81. The lowest BCUT2D eigenvalue weighted by Crippen LogP contribution is -2.32. The van der Waals surface area contributed by atoms with Crippen LogP contribution in [0.1, 0.15) is 38.8 Å². The number of hydrogen-bond acceptors (Lipinski definition) is 6. The lowest BCUT2D eigenvalue weighted by atomic mass is 9.96. The van der Waals surface area contributed by atoms with E-state index in [9.17, 15) is 24.8 Å². The van der Waals surface area contributed by atoms with Crippen molar-refractivity contribution in [3.05, 3.63) is 51.3 Å². The Morgan fingerprint density at radius 2 is 1.96 bits per heavy atom. The van der Waals surface area contributed by atoms with E-state index in [1.807, 2.05) is 13.8 Å². The van der Waals surface area contributed by atoms with Crippen LogP contribution in [0, 0.1) is 10.1 Å². The molecule has 1 atom stereocenters. The number of aliphatic hydroxyl groups excluding tert-OH is 1. The Hall–Kier alpha value is -2.74. The lowest BCUT2D eigenvalue weighted by Gasteiger charge is -2.26. The SMILES string of the molecule is CC(=O)C1=C(O)C(=O)N(CCCOC(C)C)C1c1ccc([N+](=O)[O-])cc1. The van der Waals surface area contributed by atoms with Gasteiger partial charge in [-0.3, -0.25) is 19.7 Å². The van der Waals surface area contributed by atoms with Gasteiger partial charge in [0.25, 0.3) is 11.6 Å². The van der Waals surface area contributed by atoms with Gasteiger partial charge in [-0.05, 0) is 44.9 Å². The van der Waals surface area contributed by atoms with Crippen molar-refractivity contribution in [2.45, 2.75) is 39.3 Å². The molecule has 0 saturated heterocycles. The number of carbonyl (C=O) groups excluding carboxylic acids is 2. The summed E-state index contributed by atoms with van der Waals surface area (Å²) in [4.78, 5) is 36.1. The monoisotopic (exact) mass is 362 g/mol. The first-order valence-corrected chi connectivity index (χ1v) is 8.35. The largest absolute Gasteiger partial charge is 0.503 e. The predicted octanol–water partition coefficient (Wildman–Crippen LogP) is 2.69. The molecule has 1 aromatic rings. The molecule has 1 heterocycles. The number of carbonyl (C=O) groups is 2. The highest BCUT2D eigenvalue weighted by Crippen LogP contribution is 2.38. The summed E-state index contributed by atoms with van der Waals surface area (Å²) in [5, 5.41) is 21.0. The predicted molar refractivity (Wildman–Crippen MR) is 93.6 cm³/mol. The van der Waals surface area contributed by atoms with Crippen LogP contribution in [0.5, 0.6) is 0 Å². The normalized spacial score (nSPS) is 17.3. The number of nitro groups is 1. The summed E-state index contributed by atoms with van der Waals surface area (Å²) < 4.78 is 5.47. The van der Waals surface area contributed by atoms with E-state index in [0.29, 0.717) is 18.6 Å². The second-order valence-electron chi connectivity index (χ2n) is 6.34. The summed E-state index contributed by atoms with van der Waals surface area (Å²) >= 11 is 0. The number of Topliss-reactive ketones (excluding diaryl/α,β-unsaturated/α-hetero) is 1. The molecule has 1 unspecified atom stereocenters. The van der Waals surface area contributed by atoms with Crippen LogP contribution in [-0.4, -0.2) is 45.9 Å². The molecule has 1 aliphatic rings. The Balaban J connectivity index is 2.29. The van der Waals surface area contributed by atoms with E-state index in [1.165, 1.54) is 36.1 Å². The molecule has 0 fully saturated rings. The molecule has 140 valence electrons. The Morgan fingerprint density at radius 3 is 2.46 bits per heavy atom. The first-order chi connectivity index (χ1) is 12.2. The minimum Gasteiger partial charge on any atom is -0.503 e. The quantitative estimate of drug-likeness (QED) is 0.432. The van der Waals surface area contributed by atoms with E-state index in [1.54, 1.807) is 0 Å². The average Bonchev–Trinajstić information content (AvgIpc) is 2.83. The van der Waals surface area contributed by atoms with Crippen molar-refractivity contribution in [2.75, 3.05) is 13.2 Å². The Bertz CT molecular complexity index is 739. The lowest BCUT2D eigenvalue weighted by molar-refractivity contribution is -0.384. The number of nitro benzene ring substituents is 1. The highest BCUT2D eigenvalue weighted by atomic mass is 16.6. The van der Waals surface area contributed by atoms with Gasteiger partial charge in [0.1, 0.15) is 0 Å². The number of hydrogen-bond donors (Lipinski definition) is 1. The third-order valence-corrected chi connectivity index (χ3v) is 4.10. The summed E-state index contributed by atoms with van der Waals surface area (Å²) in [6.07, 6.45) is 0.598. The van der Waals surface area contributed by atoms with Gasteiger partial charge in [-0.2, -0.15) is 0 Å². The van der Waals surface area contributed by atoms with Crippen LogP contribution in [0.2, 0.25) is 0 Å². The highest BCUT2D eigenvalue weighted by Gasteiger charge is 2.42. The average molecular weight is 362 g/mol. The zero-order chi connectivity index (χ0) is 19.4. The Morgan fingerprint density at radius 1 is 1.35 bits per heavy atom. The van der Waals surface area contributed by atoms with Gasteiger partial charge >= 0.3 is 0 Å². The molecule has 26 heavy (non-hydrogen) atoms.